The number of carboxylic acid groups (broad SMARTS) is 1. The molecular weight excluding hydrogens is 428 g/mol. The van der Waals surface area contributed by atoms with Crippen LogP contribution in [0, 0.1) is 0 Å². The van der Waals surface area contributed by atoms with Crippen molar-refractivity contribution in [2.75, 3.05) is 7.11 Å². The normalized spacial score (nSPS) is 9.52. The van der Waals surface area contributed by atoms with E-state index in [1.165, 1.54) is 7.11 Å². The van der Waals surface area contributed by atoms with Crippen LogP contribution in [0.25, 0.3) is 0 Å². The molecule has 0 atom stereocenters. The van der Waals surface area contributed by atoms with Crippen LogP contribution in [-0.2, 0) is 27.2 Å². The fourth-order valence-electron chi connectivity index (χ4n) is 1.67. The highest BCUT2D eigenvalue weighted by atomic mass is 79.9. The summed E-state index contributed by atoms with van der Waals surface area (Å²) in [5.74, 6) is -1.03. The van der Waals surface area contributed by atoms with Gasteiger partial charge in [-0.2, -0.15) is 0 Å². The molecule has 2 aromatic rings. The Labute approximate surface area is 151 Å². The minimum absolute atomic E-state index is 0.0709. The second-order valence-electron chi connectivity index (χ2n) is 4.51. The number of rotatable bonds is 4. The summed E-state index contributed by atoms with van der Waals surface area (Å²) in [5.41, 5.74) is 1.75. The molecule has 0 aromatic heterocycles. The minimum atomic E-state index is -0.808. The van der Waals surface area contributed by atoms with Gasteiger partial charge in [-0.1, -0.05) is 68.3 Å². The first kappa shape index (κ1) is 19.4. The number of esters is 1. The lowest BCUT2D eigenvalue weighted by molar-refractivity contribution is -0.140. The summed E-state index contributed by atoms with van der Waals surface area (Å²) in [6.45, 7) is 0. The van der Waals surface area contributed by atoms with Crippen molar-refractivity contribution in [2.24, 2.45) is 0 Å². The zero-order valence-corrected chi connectivity index (χ0v) is 15.6. The molecule has 0 saturated carbocycles. The molecule has 23 heavy (non-hydrogen) atoms. The fraction of sp³-hybridized carbons (Fsp3) is 0.176. The molecule has 0 aliphatic heterocycles. The molecule has 0 radical (unpaired) electrons. The zero-order chi connectivity index (χ0) is 17.2. The molecule has 4 nitrogen and oxygen atoms in total. The van der Waals surface area contributed by atoms with Crippen LogP contribution < -0.4 is 0 Å². The number of halogens is 2. The Morgan fingerprint density at radius 3 is 1.74 bits per heavy atom. The molecule has 0 bridgehead atoms. The summed E-state index contributed by atoms with van der Waals surface area (Å²) in [4.78, 5) is 21.2. The Kier molecular flexibility index (Phi) is 8.58. The van der Waals surface area contributed by atoms with Gasteiger partial charge in [-0.3, -0.25) is 9.59 Å². The highest BCUT2D eigenvalue weighted by Crippen LogP contribution is 2.16. The Morgan fingerprint density at radius 2 is 1.35 bits per heavy atom. The van der Waals surface area contributed by atoms with Crippen LogP contribution in [0.2, 0.25) is 0 Å². The van der Waals surface area contributed by atoms with E-state index in [1.807, 2.05) is 42.5 Å². The van der Waals surface area contributed by atoms with Gasteiger partial charge >= 0.3 is 11.9 Å². The van der Waals surface area contributed by atoms with Gasteiger partial charge in [0.2, 0.25) is 0 Å². The Hall–Kier alpha value is -1.66. The van der Waals surface area contributed by atoms with Gasteiger partial charge in [-0.15, -0.1) is 0 Å². The first-order valence-electron chi connectivity index (χ1n) is 6.69. The van der Waals surface area contributed by atoms with Crippen molar-refractivity contribution in [2.45, 2.75) is 12.8 Å². The smallest absolute Gasteiger partial charge is 0.310 e. The number of benzene rings is 2. The van der Waals surface area contributed by atoms with Gasteiger partial charge < -0.3 is 9.84 Å². The Bertz CT molecular complexity index is 671. The highest BCUT2D eigenvalue weighted by molar-refractivity contribution is 9.10. The number of aliphatic carboxylic acids is 1. The number of methoxy groups -OCH3 is 1. The van der Waals surface area contributed by atoms with Crippen molar-refractivity contribution in [1.29, 1.82) is 0 Å². The first-order chi connectivity index (χ1) is 10.9. The van der Waals surface area contributed by atoms with E-state index < -0.39 is 5.97 Å². The van der Waals surface area contributed by atoms with Crippen LogP contribution in [-0.4, -0.2) is 24.2 Å². The van der Waals surface area contributed by atoms with Crippen LogP contribution in [0.15, 0.2) is 57.5 Å². The second kappa shape index (κ2) is 10.2. The zero-order valence-electron chi connectivity index (χ0n) is 12.5. The summed E-state index contributed by atoms with van der Waals surface area (Å²) in [5, 5.41) is 8.47. The Balaban J connectivity index is 0.000000231. The molecule has 2 rings (SSSR count). The van der Waals surface area contributed by atoms with E-state index in [0.717, 1.165) is 20.1 Å². The quantitative estimate of drug-likeness (QED) is 0.717. The molecule has 0 aliphatic carbocycles. The summed E-state index contributed by atoms with van der Waals surface area (Å²) in [7, 11) is 1.39. The summed E-state index contributed by atoms with van der Waals surface area (Å²) >= 11 is 6.61. The largest absolute Gasteiger partial charge is 0.481 e. The van der Waals surface area contributed by atoms with Crippen molar-refractivity contribution < 1.29 is 19.4 Å². The summed E-state index contributed by atoms with van der Waals surface area (Å²) in [6, 6.07) is 14.9. The predicted molar refractivity (Wildman–Crippen MR) is 95.3 cm³/mol. The lowest BCUT2D eigenvalue weighted by Gasteiger charge is -2.01. The average Bonchev–Trinajstić information content (AvgIpc) is 2.52. The number of hydrogen-bond donors (Lipinski definition) is 1. The molecule has 0 aliphatic rings. The molecule has 2 aromatic carbocycles. The molecule has 0 saturated heterocycles. The summed E-state index contributed by atoms with van der Waals surface area (Å²) in [6.07, 6.45) is 0.388. The van der Waals surface area contributed by atoms with Crippen molar-refractivity contribution in [3.8, 4) is 0 Å². The van der Waals surface area contributed by atoms with E-state index in [1.54, 1.807) is 6.07 Å². The van der Waals surface area contributed by atoms with Crippen molar-refractivity contribution in [1.82, 2.24) is 0 Å². The predicted octanol–water partition coefficient (Wildman–Crippen LogP) is 4.24. The maximum absolute atomic E-state index is 10.9. The third kappa shape index (κ3) is 7.43. The molecule has 0 amide bonds. The van der Waals surface area contributed by atoms with Crippen LogP contribution in [0.5, 0.6) is 0 Å². The third-order valence-electron chi connectivity index (χ3n) is 2.82. The molecule has 0 heterocycles. The first-order valence-corrected chi connectivity index (χ1v) is 8.28. The number of ether oxygens (including phenoxy) is 1. The molecule has 6 heteroatoms. The fourth-order valence-corrected chi connectivity index (χ4v) is 2.52. The summed E-state index contributed by atoms with van der Waals surface area (Å²) < 4.78 is 6.34. The van der Waals surface area contributed by atoms with Gasteiger partial charge in [-0.05, 0) is 23.3 Å². The SMILES string of the molecule is COC(=O)Cc1ccccc1Br.O=C(O)Cc1ccccc1Br. The van der Waals surface area contributed by atoms with E-state index in [9.17, 15) is 9.59 Å². The van der Waals surface area contributed by atoms with Crippen molar-refractivity contribution in [3.63, 3.8) is 0 Å². The van der Waals surface area contributed by atoms with Crippen LogP contribution >= 0.6 is 31.9 Å². The Morgan fingerprint density at radius 1 is 0.913 bits per heavy atom. The maximum Gasteiger partial charge on any atom is 0.310 e. The van der Waals surface area contributed by atoms with Gasteiger partial charge in [-0.25, -0.2) is 0 Å². The maximum atomic E-state index is 10.9. The van der Waals surface area contributed by atoms with Crippen LogP contribution in [0.3, 0.4) is 0 Å². The number of carbonyl (C=O) groups excluding carboxylic acids is 1. The lowest BCUT2D eigenvalue weighted by atomic mass is 10.2. The van der Waals surface area contributed by atoms with Crippen LogP contribution in [0.4, 0.5) is 0 Å². The average molecular weight is 444 g/mol. The third-order valence-corrected chi connectivity index (χ3v) is 4.37. The van der Waals surface area contributed by atoms with E-state index >= 15 is 0 Å². The van der Waals surface area contributed by atoms with E-state index in [-0.39, 0.29) is 12.4 Å². The van der Waals surface area contributed by atoms with Crippen LogP contribution in [0.1, 0.15) is 11.1 Å². The van der Waals surface area contributed by atoms with Crippen molar-refractivity contribution in [3.05, 3.63) is 68.6 Å². The molecule has 0 fully saturated rings. The highest BCUT2D eigenvalue weighted by Gasteiger charge is 2.04. The van der Waals surface area contributed by atoms with Gasteiger partial charge in [0.1, 0.15) is 0 Å². The minimum Gasteiger partial charge on any atom is -0.481 e. The standard InChI is InChI=1S/C9H9BrO2.C8H7BrO2/c1-12-9(11)6-7-4-2-3-5-8(7)10;9-7-4-2-1-3-6(7)5-8(10)11/h2-5H,6H2,1H3;1-4H,5H2,(H,10,11). The molecule has 0 unspecified atom stereocenters. The molecule has 0 spiro atoms. The van der Waals surface area contributed by atoms with Crippen molar-refractivity contribution >= 4 is 43.8 Å². The van der Waals surface area contributed by atoms with E-state index in [4.69, 9.17) is 5.11 Å². The number of carbonyl (C=O) groups is 2. The topological polar surface area (TPSA) is 63.6 Å². The van der Waals surface area contributed by atoms with E-state index in [0.29, 0.717) is 6.42 Å². The van der Waals surface area contributed by atoms with Gasteiger partial charge in [0.25, 0.3) is 0 Å². The number of carboxylic acids is 1. The second-order valence-corrected chi connectivity index (χ2v) is 6.21. The molecular formula is C17H16Br2O4. The molecule has 1 N–H and O–H groups in total. The van der Waals surface area contributed by atoms with Gasteiger partial charge in [0.15, 0.2) is 0 Å². The number of hydrogen-bond acceptors (Lipinski definition) is 3. The van der Waals surface area contributed by atoms with E-state index in [2.05, 4.69) is 36.6 Å². The monoisotopic (exact) mass is 442 g/mol. The lowest BCUT2D eigenvalue weighted by Crippen LogP contribution is -2.04. The van der Waals surface area contributed by atoms with Gasteiger partial charge in [0.05, 0.1) is 20.0 Å². The molecule has 122 valence electrons. The van der Waals surface area contributed by atoms with Gasteiger partial charge in [0, 0.05) is 8.95 Å².